The van der Waals surface area contributed by atoms with E-state index >= 15 is 0 Å². The molecule has 0 aliphatic carbocycles. The molecule has 0 rings (SSSR count). The normalized spacial score (nSPS) is 12.0. The van der Waals surface area contributed by atoms with Crippen LogP contribution in [0.25, 0.3) is 0 Å². The average Bonchev–Trinajstić information content (AvgIpc) is 3.34. The maximum atomic E-state index is 12.9. The molecule has 0 amide bonds. The van der Waals surface area contributed by atoms with Crippen molar-refractivity contribution >= 4 is 17.9 Å². The van der Waals surface area contributed by atoms with Gasteiger partial charge >= 0.3 is 17.9 Å². The van der Waals surface area contributed by atoms with E-state index < -0.39 is 6.10 Å². The highest BCUT2D eigenvalue weighted by atomic mass is 16.6. The lowest BCUT2D eigenvalue weighted by molar-refractivity contribution is -0.167. The van der Waals surface area contributed by atoms with Crippen LogP contribution in [0.3, 0.4) is 0 Å². The molecule has 0 unspecified atom stereocenters. The second-order valence-corrected chi connectivity index (χ2v) is 22.2. The highest BCUT2D eigenvalue weighted by Gasteiger charge is 2.19. The monoisotopic (exact) mass is 975 g/mol. The number of ether oxygens (including phenoxy) is 3. The molecule has 0 saturated carbocycles. The van der Waals surface area contributed by atoms with Gasteiger partial charge in [-0.05, 0) is 25.2 Å². The first-order valence-corrected chi connectivity index (χ1v) is 31.4. The van der Waals surface area contributed by atoms with Crippen LogP contribution < -0.4 is 0 Å². The van der Waals surface area contributed by atoms with Gasteiger partial charge in [0.25, 0.3) is 0 Å². The van der Waals surface area contributed by atoms with Crippen LogP contribution in [0.5, 0.6) is 0 Å². The molecular weight excluding hydrogens is 853 g/mol. The Hall–Kier alpha value is -1.59. The van der Waals surface area contributed by atoms with Gasteiger partial charge < -0.3 is 14.2 Å². The first kappa shape index (κ1) is 67.4. The number of rotatable bonds is 58. The first-order chi connectivity index (χ1) is 33.9. The molecule has 0 aromatic heterocycles. The van der Waals surface area contributed by atoms with E-state index in [1.165, 1.54) is 257 Å². The summed E-state index contributed by atoms with van der Waals surface area (Å²) in [6.07, 6.45) is 63.8. The summed E-state index contributed by atoms with van der Waals surface area (Å²) in [5.41, 5.74) is 0. The van der Waals surface area contributed by atoms with E-state index in [4.69, 9.17) is 14.2 Å². The van der Waals surface area contributed by atoms with E-state index in [1.807, 2.05) is 0 Å². The molecule has 0 radical (unpaired) electrons. The maximum absolute atomic E-state index is 12.9. The molecule has 0 N–H and O–H groups in total. The fraction of sp³-hybridized carbons (Fsp3) is 0.952. The number of hydrogen-bond acceptors (Lipinski definition) is 6. The van der Waals surface area contributed by atoms with E-state index in [0.717, 1.165) is 63.7 Å². The van der Waals surface area contributed by atoms with Crippen molar-refractivity contribution in [3.05, 3.63) is 0 Å². The van der Waals surface area contributed by atoms with Crippen LogP contribution in [-0.2, 0) is 28.6 Å². The average molecular weight is 976 g/mol. The molecule has 0 fully saturated rings. The summed E-state index contributed by atoms with van der Waals surface area (Å²) in [6.45, 7) is 9.09. The molecule has 6 heteroatoms. The molecule has 0 aliphatic heterocycles. The largest absolute Gasteiger partial charge is 0.462 e. The lowest BCUT2D eigenvalue weighted by atomic mass is 10.0. The van der Waals surface area contributed by atoms with Gasteiger partial charge in [-0.2, -0.15) is 0 Å². The van der Waals surface area contributed by atoms with Crippen LogP contribution in [-0.4, -0.2) is 37.2 Å². The van der Waals surface area contributed by atoms with Crippen LogP contribution >= 0.6 is 0 Å². The van der Waals surface area contributed by atoms with E-state index in [2.05, 4.69) is 27.7 Å². The molecule has 6 nitrogen and oxygen atoms in total. The van der Waals surface area contributed by atoms with Crippen LogP contribution in [0.2, 0.25) is 0 Å². The van der Waals surface area contributed by atoms with Gasteiger partial charge in [-0.15, -0.1) is 0 Å². The van der Waals surface area contributed by atoms with Crippen molar-refractivity contribution in [2.75, 3.05) is 13.2 Å². The number of unbranched alkanes of at least 4 members (excludes halogenated alkanes) is 45. The zero-order chi connectivity index (χ0) is 50.2. The molecule has 410 valence electrons. The first-order valence-electron chi connectivity index (χ1n) is 31.4. The van der Waals surface area contributed by atoms with Crippen molar-refractivity contribution in [2.45, 2.75) is 368 Å². The van der Waals surface area contributed by atoms with Crippen LogP contribution in [0.15, 0.2) is 0 Å². The smallest absolute Gasteiger partial charge is 0.306 e. The maximum Gasteiger partial charge on any atom is 0.306 e. The predicted octanol–water partition coefficient (Wildman–Crippen LogP) is 21.0. The number of carbonyl (C=O) groups is 3. The second-order valence-electron chi connectivity index (χ2n) is 22.2. The van der Waals surface area contributed by atoms with E-state index in [0.29, 0.717) is 19.3 Å². The molecule has 0 bridgehead atoms. The van der Waals surface area contributed by atoms with Crippen molar-refractivity contribution in [3.63, 3.8) is 0 Å². The molecule has 0 aliphatic rings. The third-order valence-corrected chi connectivity index (χ3v) is 14.5. The molecule has 69 heavy (non-hydrogen) atoms. The summed E-state index contributed by atoms with van der Waals surface area (Å²) in [5, 5.41) is 0. The van der Waals surface area contributed by atoms with Gasteiger partial charge in [0.2, 0.25) is 0 Å². The Morgan fingerprint density at radius 3 is 0.710 bits per heavy atom. The standard InChI is InChI=1S/C63H122O6/c1-5-7-9-11-13-15-17-19-21-23-24-26-32-36-40-44-48-52-56-63(66)69-60(57-67-61(64)54-50-46-42-38-34-30-25-22-20-18-16-14-12-10-8-6-2)58-68-62(65)55-51-47-43-39-35-31-28-27-29-33-37-41-45-49-53-59(3)4/h59-60H,5-58H2,1-4H3/t60-/m1/s1. The van der Waals surface area contributed by atoms with Gasteiger partial charge in [-0.1, -0.05) is 323 Å². The highest BCUT2D eigenvalue weighted by molar-refractivity contribution is 5.71. The van der Waals surface area contributed by atoms with Gasteiger partial charge in [0.05, 0.1) is 0 Å². The van der Waals surface area contributed by atoms with Crippen molar-refractivity contribution in [1.29, 1.82) is 0 Å². The van der Waals surface area contributed by atoms with E-state index in [9.17, 15) is 14.4 Å². The van der Waals surface area contributed by atoms with E-state index in [-0.39, 0.29) is 31.1 Å². The summed E-state index contributed by atoms with van der Waals surface area (Å²) >= 11 is 0. The van der Waals surface area contributed by atoms with Crippen molar-refractivity contribution in [1.82, 2.24) is 0 Å². The van der Waals surface area contributed by atoms with Crippen LogP contribution in [0.1, 0.15) is 362 Å². The van der Waals surface area contributed by atoms with Crippen molar-refractivity contribution in [3.8, 4) is 0 Å². The number of hydrogen-bond donors (Lipinski definition) is 0. The SMILES string of the molecule is CCCCCCCCCCCCCCCCCCCCC(=O)O[C@H](COC(=O)CCCCCCCCCCCCCCCCCC)COC(=O)CCCCCCCCCCCCCCCCC(C)C. The van der Waals surface area contributed by atoms with Gasteiger partial charge in [0.15, 0.2) is 6.10 Å². The predicted molar refractivity (Wildman–Crippen MR) is 298 cm³/mol. The van der Waals surface area contributed by atoms with Gasteiger partial charge in [-0.3, -0.25) is 14.4 Å². The van der Waals surface area contributed by atoms with Gasteiger partial charge in [-0.25, -0.2) is 0 Å². The van der Waals surface area contributed by atoms with Crippen molar-refractivity contribution in [2.24, 2.45) is 5.92 Å². The highest BCUT2D eigenvalue weighted by Crippen LogP contribution is 2.19. The Labute approximate surface area is 431 Å². The minimum absolute atomic E-state index is 0.0612. The van der Waals surface area contributed by atoms with Crippen molar-refractivity contribution < 1.29 is 28.6 Å². The Balaban J connectivity index is 4.29. The fourth-order valence-electron chi connectivity index (χ4n) is 9.81. The third-order valence-electron chi connectivity index (χ3n) is 14.5. The van der Waals surface area contributed by atoms with E-state index in [1.54, 1.807) is 0 Å². The molecule has 0 saturated heterocycles. The molecule has 1 atom stereocenters. The second kappa shape index (κ2) is 57.3. The minimum atomic E-state index is -0.763. The van der Waals surface area contributed by atoms with Gasteiger partial charge in [0.1, 0.15) is 13.2 Å². The fourth-order valence-corrected chi connectivity index (χ4v) is 9.81. The zero-order valence-electron chi connectivity index (χ0n) is 47.3. The summed E-state index contributed by atoms with van der Waals surface area (Å²) < 4.78 is 17.0. The number of carbonyl (C=O) groups excluding carboxylic acids is 3. The summed E-state index contributed by atoms with van der Waals surface area (Å²) in [5.74, 6) is 0.0163. The Morgan fingerprint density at radius 1 is 0.275 bits per heavy atom. The minimum Gasteiger partial charge on any atom is -0.462 e. The zero-order valence-corrected chi connectivity index (χ0v) is 47.3. The number of esters is 3. The summed E-state index contributed by atoms with van der Waals surface area (Å²) in [4.78, 5) is 38.3. The summed E-state index contributed by atoms with van der Waals surface area (Å²) in [7, 11) is 0. The Kier molecular flexibility index (Phi) is 56.0. The molecular formula is C63H122O6. The lowest BCUT2D eigenvalue weighted by Crippen LogP contribution is -2.30. The Bertz CT molecular complexity index is 1040. The molecule has 0 spiro atoms. The van der Waals surface area contributed by atoms with Gasteiger partial charge in [0, 0.05) is 19.3 Å². The topological polar surface area (TPSA) is 78.9 Å². The van der Waals surface area contributed by atoms with Crippen LogP contribution in [0.4, 0.5) is 0 Å². The third kappa shape index (κ3) is 57.2. The van der Waals surface area contributed by atoms with Crippen LogP contribution in [0, 0.1) is 5.92 Å². The molecule has 0 aromatic carbocycles. The quantitative estimate of drug-likeness (QED) is 0.0343. The Morgan fingerprint density at radius 2 is 0.478 bits per heavy atom. The molecule has 0 heterocycles. The molecule has 0 aromatic rings. The summed E-state index contributed by atoms with van der Waals surface area (Å²) in [6, 6.07) is 0. The lowest BCUT2D eigenvalue weighted by Gasteiger charge is -2.18.